The molecule has 0 fully saturated rings. The molecule has 0 heterocycles. The largest absolute Gasteiger partial charge is 0.493 e. The Balaban J connectivity index is 0.00000441. The Hall–Kier alpha value is -1.18. The van der Waals surface area contributed by atoms with Gasteiger partial charge in [0.1, 0.15) is 0 Å². The van der Waals surface area contributed by atoms with Gasteiger partial charge in [-0.2, -0.15) is 0 Å². The molecule has 0 radical (unpaired) electrons. The van der Waals surface area contributed by atoms with Gasteiger partial charge in [0.2, 0.25) is 0 Å². The van der Waals surface area contributed by atoms with E-state index in [1.165, 1.54) is 12.8 Å². The molecule has 0 amide bonds. The Labute approximate surface area is 150 Å². The zero-order valence-corrected chi connectivity index (χ0v) is 16.3. The van der Waals surface area contributed by atoms with Gasteiger partial charge in [-0.25, -0.2) is 0 Å². The van der Waals surface area contributed by atoms with Gasteiger partial charge < -0.3 is 20.1 Å². The quantitative estimate of drug-likeness (QED) is 0.290. The third kappa shape index (κ3) is 7.20. The van der Waals surface area contributed by atoms with Crippen LogP contribution in [0.5, 0.6) is 11.5 Å². The van der Waals surface area contributed by atoms with E-state index in [1.807, 2.05) is 25.1 Å². The van der Waals surface area contributed by atoms with Gasteiger partial charge in [0.15, 0.2) is 17.5 Å². The number of rotatable bonds is 8. The van der Waals surface area contributed by atoms with Gasteiger partial charge in [-0.1, -0.05) is 19.8 Å². The standard InChI is InChI=1S/C16H27N3O2.HI/c1-5-7-8-11-18-16(17-3)19-13-9-10-14(20-4)15(12-13)21-6-2;/h9-10,12H,5-8,11H2,1-4H3,(H2,17,18,19);1H. The molecule has 0 atom stereocenters. The molecule has 0 saturated heterocycles. The van der Waals surface area contributed by atoms with Crippen LogP contribution in [0.4, 0.5) is 5.69 Å². The average Bonchev–Trinajstić information content (AvgIpc) is 2.51. The molecule has 0 aliphatic heterocycles. The van der Waals surface area contributed by atoms with Crippen molar-refractivity contribution in [2.45, 2.75) is 33.1 Å². The van der Waals surface area contributed by atoms with Crippen LogP contribution in [0.15, 0.2) is 23.2 Å². The van der Waals surface area contributed by atoms with Crippen LogP contribution in [0.2, 0.25) is 0 Å². The Kier molecular flexibility index (Phi) is 11.7. The van der Waals surface area contributed by atoms with E-state index in [0.29, 0.717) is 6.61 Å². The van der Waals surface area contributed by atoms with E-state index in [9.17, 15) is 0 Å². The number of hydrogen-bond donors (Lipinski definition) is 2. The molecule has 5 nitrogen and oxygen atoms in total. The number of nitrogens with zero attached hydrogens (tertiary/aromatic N) is 1. The van der Waals surface area contributed by atoms with Gasteiger partial charge in [0.05, 0.1) is 13.7 Å². The second kappa shape index (κ2) is 12.4. The van der Waals surface area contributed by atoms with Crippen molar-refractivity contribution < 1.29 is 9.47 Å². The van der Waals surface area contributed by atoms with Crippen molar-refractivity contribution in [3.8, 4) is 11.5 Å². The molecule has 0 spiro atoms. The maximum atomic E-state index is 5.57. The number of methoxy groups -OCH3 is 1. The lowest BCUT2D eigenvalue weighted by molar-refractivity contribution is 0.311. The number of hydrogen-bond acceptors (Lipinski definition) is 3. The van der Waals surface area contributed by atoms with Crippen molar-refractivity contribution in [1.29, 1.82) is 0 Å². The van der Waals surface area contributed by atoms with E-state index >= 15 is 0 Å². The van der Waals surface area contributed by atoms with E-state index in [-0.39, 0.29) is 24.0 Å². The van der Waals surface area contributed by atoms with Gasteiger partial charge in [0, 0.05) is 25.3 Å². The molecule has 0 unspecified atom stereocenters. The van der Waals surface area contributed by atoms with Gasteiger partial charge in [0.25, 0.3) is 0 Å². The molecular weight excluding hydrogens is 393 g/mol. The van der Waals surface area contributed by atoms with E-state index in [1.54, 1.807) is 14.2 Å². The van der Waals surface area contributed by atoms with E-state index < -0.39 is 0 Å². The number of guanidine groups is 1. The fourth-order valence-electron chi connectivity index (χ4n) is 1.92. The Morgan fingerprint density at radius 2 is 1.95 bits per heavy atom. The summed E-state index contributed by atoms with van der Waals surface area (Å²) in [6.45, 7) is 5.67. The van der Waals surface area contributed by atoms with Crippen LogP contribution in [0, 0.1) is 0 Å². The van der Waals surface area contributed by atoms with Gasteiger partial charge in [-0.15, -0.1) is 24.0 Å². The van der Waals surface area contributed by atoms with Crippen LogP contribution in [-0.2, 0) is 0 Å². The number of halogens is 1. The predicted molar refractivity (Wildman–Crippen MR) is 104 cm³/mol. The van der Waals surface area contributed by atoms with E-state index in [2.05, 4.69) is 22.5 Å². The Bertz CT molecular complexity index is 453. The van der Waals surface area contributed by atoms with Crippen LogP contribution in [-0.4, -0.2) is 33.3 Å². The first kappa shape index (κ1) is 20.8. The molecule has 6 heteroatoms. The van der Waals surface area contributed by atoms with Gasteiger partial charge in [-0.3, -0.25) is 4.99 Å². The minimum Gasteiger partial charge on any atom is -0.493 e. The summed E-state index contributed by atoms with van der Waals surface area (Å²) in [6, 6.07) is 5.75. The molecule has 0 aliphatic rings. The first-order chi connectivity index (χ1) is 10.2. The van der Waals surface area contributed by atoms with E-state index in [4.69, 9.17) is 9.47 Å². The lowest BCUT2D eigenvalue weighted by atomic mass is 10.2. The molecule has 0 bridgehead atoms. The molecular formula is C16H28IN3O2. The van der Waals surface area contributed by atoms with Crippen LogP contribution in [0.25, 0.3) is 0 Å². The summed E-state index contributed by atoms with van der Waals surface area (Å²) in [5.74, 6) is 2.22. The van der Waals surface area contributed by atoms with Crippen LogP contribution < -0.4 is 20.1 Å². The molecule has 2 N–H and O–H groups in total. The first-order valence-corrected chi connectivity index (χ1v) is 7.53. The van der Waals surface area contributed by atoms with Crippen LogP contribution >= 0.6 is 24.0 Å². The molecule has 1 aromatic rings. The van der Waals surface area contributed by atoms with Crippen molar-refractivity contribution in [1.82, 2.24) is 5.32 Å². The minimum atomic E-state index is 0. The third-order valence-electron chi connectivity index (χ3n) is 3.02. The zero-order valence-electron chi connectivity index (χ0n) is 13.9. The molecule has 0 aromatic heterocycles. The summed E-state index contributed by atoms with van der Waals surface area (Å²) in [7, 11) is 3.40. The minimum absolute atomic E-state index is 0. The predicted octanol–water partition coefficient (Wildman–Crippen LogP) is 3.89. The molecule has 1 aromatic carbocycles. The average molecular weight is 421 g/mol. The topological polar surface area (TPSA) is 54.9 Å². The van der Waals surface area contributed by atoms with Gasteiger partial charge in [-0.05, 0) is 25.5 Å². The fourth-order valence-corrected chi connectivity index (χ4v) is 1.92. The van der Waals surface area contributed by atoms with Crippen molar-refractivity contribution in [3.63, 3.8) is 0 Å². The monoisotopic (exact) mass is 421 g/mol. The highest BCUT2D eigenvalue weighted by Gasteiger charge is 2.06. The summed E-state index contributed by atoms with van der Waals surface area (Å²) < 4.78 is 10.8. The Morgan fingerprint density at radius 1 is 1.18 bits per heavy atom. The number of ether oxygens (including phenoxy) is 2. The molecule has 1 rings (SSSR count). The summed E-state index contributed by atoms with van der Waals surface area (Å²) in [4.78, 5) is 4.22. The SMILES string of the molecule is CCCCCNC(=NC)Nc1ccc(OC)c(OCC)c1.I. The first-order valence-electron chi connectivity index (χ1n) is 7.53. The second-order valence-electron chi connectivity index (χ2n) is 4.63. The second-order valence-corrected chi connectivity index (χ2v) is 4.63. The number of aliphatic imine (C=N–C) groups is 1. The molecule has 126 valence electrons. The van der Waals surface area contributed by atoms with E-state index in [0.717, 1.165) is 36.1 Å². The highest BCUT2D eigenvalue weighted by atomic mass is 127. The lowest BCUT2D eigenvalue weighted by Gasteiger charge is -2.14. The van der Waals surface area contributed by atoms with Gasteiger partial charge >= 0.3 is 0 Å². The molecule has 0 saturated carbocycles. The van der Waals surface area contributed by atoms with Crippen molar-refractivity contribution in [2.75, 3.05) is 32.6 Å². The fraction of sp³-hybridized carbons (Fsp3) is 0.562. The Morgan fingerprint density at radius 3 is 2.55 bits per heavy atom. The van der Waals surface area contributed by atoms with Crippen molar-refractivity contribution in [2.24, 2.45) is 4.99 Å². The maximum absolute atomic E-state index is 5.57. The zero-order chi connectivity index (χ0) is 15.5. The normalized spacial score (nSPS) is 10.6. The number of unbranched alkanes of at least 4 members (excludes halogenated alkanes) is 2. The summed E-state index contributed by atoms with van der Waals surface area (Å²) >= 11 is 0. The van der Waals surface area contributed by atoms with Crippen molar-refractivity contribution in [3.05, 3.63) is 18.2 Å². The van der Waals surface area contributed by atoms with Crippen LogP contribution in [0.1, 0.15) is 33.1 Å². The smallest absolute Gasteiger partial charge is 0.195 e. The third-order valence-corrected chi connectivity index (χ3v) is 3.02. The van der Waals surface area contributed by atoms with Crippen LogP contribution in [0.3, 0.4) is 0 Å². The lowest BCUT2D eigenvalue weighted by Crippen LogP contribution is -2.31. The van der Waals surface area contributed by atoms with Crippen molar-refractivity contribution >= 4 is 35.6 Å². The summed E-state index contributed by atoms with van der Waals surface area (Å²) in [5.41, 5.74) is 0.919. The number of benzene rings is 1. The summed E-state index contributed by atoms with van der Waals surface area (Å²) in [6.07, 6.45) is 3.58. The highest BCUT2D eigenvalue weighted by molar-refractivity contribution is 14.0. The number of nitrogens with one attached hydrogen (secondary N) is 2. The summed E-state index contributed by atoms with van der Waals surface area (Å²) in [5, 5.41) is 6.56. The highest BCUT2D eigenvalue weighted by Crippen LogP contribution is 2.30. The number of anilines is 1. The molecule has 22 heavy (non-hydrogen) atoms. The maximum Gasteiger partial charge on any atom is 0.195 e. The molecule has 0 aliphatic carbocycles.